The van der Waals surface area contributed by atoms with Crippen LogP contribution in [0.4, 0.5) is 5.69 Å². The van der Waals surface area contributed by atoms with Gasteiger partial charge in [-0.3, -0.25) is 0 Å². The van der Waals surface area contributed by atoms with Crippen LogP contribution in [-0.2, 0) is 4.74 Å². The van der Waals surface area contributed by atoms with Gasteiger partial charge in [0.1, 0.15) is 5.75 Å². The van der Waals surface area contributed by atoms with Gasteiger partial charge in [-0.15, -0.1) is 0 Å². The second kappa shape index (κ2) is 5.94. The predicted octanol–water partition coefficient (Wildman–Crippen LogP) is 4.36. The van der Waals surface area contributed by atoms with Crippen molar-refractivity contribution >= 4 is 21.6 Å². The number of halogens is 1. The molecule has 0 bridgehead atoms. The van der Waals surface area contributed by atoms with E-state index in [1.165, 1.54) is 25.7 Å². The maximum atomic E-state index is 6.09. The Labute approximate surface area is 129 Å². The van der Waals surface area contributed by atoms with Gasteiger partial charge in [-0.05, 0) is 43.9 Å². The largest absolute Gasteiger partial charge is 0.495 e. The zero-order valence-corrected chi connectivity index (χ0v) is 13.5. The lowest BCUT2D eigenvalue weighted by Gasteiger charge is -2.39. The predicted molar refractivity (Wildman–Crippen MR) is 84.5 cm³/mol. The Balaban J connectivity index is 1.72. The third-order valence-electron chi connectivity index (χ3n) is 4.53. The molecule has 1 saturated heterocycles. The number of anilines is 1. The van der Waals surface area contributed by atoms with E-state index in [1.807, 2.05) is 12.1 Å². The van der Waals surface area contributed by atoms with Gasteiger partial charge in [-0.25, -0.2) is 0 Å². The highest BCUT2D eigenvalue weighted by molar-refractivity contribution is 9.10. The highest BCUT2D eigenvalue weighted by Crippen LogP contribution is 2.41. The molecule has 3 nitrogen and oxygen atoms in total. The van der Waals surface area contributed by atoms with E-state index in [0.717, 1.165) is 35.4 Å². The number of ether oxygens (including phenoxy) is 2. The summed E-state index contributed by atoms with van der Waals surface area (Å²) in [7, 11) is 1.72. The first-order valence-electron chi connectivity index (χ1n) is 7.45. The van der Waals surface area contributed by atoms with Crippen molar-refractivity contribution in [3.63, 3.8) is 0 Å². The van der Waals surface area contributed by atoms with Crippen LogP contribution in [0.2, 0.25) is 0 Å². The van der Waals surface area contributed by atoms with Gasteiger partial charge in [-0.2, -0.15) is 0 Å². The van der Waals surface area contributed by atoms with Gasteiger partial charge in [0.15, 0.2) is 0 Å². The molecular weight excluding hydrogens is 318 g/mol. The van der Waals surface area contributed by atoms with Crippen LogP contribution in [0.25, 0.3) is 0 Å². The molecule has 0 radical (unpaired) electrons. The third-order valence-corrected chi connectivity index (χ3v) is 5.02. The summed E-state index contributed by atoms with van der Waals surface area (Å²) in [5.74, 6) is 0.903. The first-order valence-corrected chi connectivity index (χ1v) is 8.24. The molecule has 1 aliphatic carbocycles. The van der Waals surface area contributed by atoms with E-state index in [0.29, 0.717) is 6.04 Å². The quantitative estimate of drug-likeness (QED) is 0.887. The maximum absolute atomic E-state index is 6.09. The van der Waals surface area contributed by atoms with Gasteiger partial charge >= 0.3 is 0 Å². The maximum Gasteiger partial charge on any atom is 0.142 e. The molecule has 0 amide bonds. The van der Waals surface area contributed by atoms with Crippen molar-refractivity contribution in [2.24, 2.45) is 0 Å². The Morgan fingerprint density at radius 3 is 2.90 bits per heavy atom. The van der Waals surface area contributed by atoms with Crippen LogP contribution in [0.5, 0.6) is 5.75 Å². The van der Waals surface area contributed by atoms with Gasteiger partial charge in [0.25, 0.3) is 0 Å². The molecular formula is C16H22BrNO2. The van der Waals surface area contributed by atoms with Crippen LogP contribution >= 0.6 is 15.9 Å². The second-order valence-electron chi connectivity index (χ2n) is 5.92. The summed E-state index contributed by atoms with van der Waals surface area (Å²) in [6.07, 6.45) is 7.25. The SMILES string of the molecule is COc1ccc(Br)cc1NC1CCOC2(CCCC2)C1. The molecule has 1 aliphatic heterocycles. The van der Waals surface area contributed by atoms with E-state index in [-0.39, 0.29) is 5.60 Å². The van der Waals surface area contributed by atoms with Crippen LogP contribution in [0.3, 0.4) is 0 Å². The molecule has 1 aromatic carbocycles. The van der Waals surface area contributed by atoms with Gasteiger partial charge in [0, 0.05) is 17.1 Å². The molecule has 1 atom stereocenters. The second-order valence-corrected chi connectivity index (χ2v) is 6.83. The summed E-state index contributed by atoms with van der Waals surface area (Å²) in [6, 6.07) is 6.57. The van der Waals surface area contributed by atoms with Crippen LogP contribution in [0.1, 0.15) is 38.5 Å². The molecule has 2 aliphatic rings. The van der Waals surface area contributed by atoms with Crippen LogP contribution in [0, 0.1) is 0 Å². The van der Waals surface area contributed by atoms with E-state index in [1.54, 1.807) is 7.11 Å². The van der Waals surface area contributed by atoms with Crippen LogP contribution < -0.4 is 10.1 Å². The zero-order valence-electron chi connectivity index (χ0n) is 12.0. The summed E-state index contributed by atoms with van der Waals surface area (Å²) in [6.45, 7) is 0.869. The van der Waals surface area contributed by atoms with Crippen molar-refractivity contribution < 1.29 is 9.47 Å². The Morgan fingerprint density at radius 1 is 1.35 bits per heavy atom. The normalized spacial score (nSPS) is 24.8. The molecule has 1 N–H and O–H groups in total. The van der Waals surface area contributed by atoms with E-state index >= 15 is 0 Å². The molecule has 20 heavy (non-hydrogen) atoms. The topological polar surface area (TPSA) is 30.5 Å². The lowest BCUT2D eigenvalue weighted by molar-refractivity contribution is -0.0767. The minimum Gasteiger partial charge on any atom is -0.495 e. The third kappa shape index (κ3) is 2.96. The van der Waals surface area contributed by atoms with Crippen LogP contribution in [0.15, 0.2) is 22.7 Å². The van der Waals surface area contributed by atoms with Gasteiger partial charge in [0.05, 0.1) is 18.4 Å². The number of hydrogen-bond acceptors (Lipinski definition) is 3. The summed E-state index contributed by atoms with van der Waals surface area (Å²) in [5, 5.41) is 3.66. The van der Waals surface area contributed by atoms with E-state index < -0.39 is 0 Å². The molecule has 4 heteroatoms. The Bertz CT molecular complexity index is 472. The van der Waals surface area contributed by atoms with Crippen molar-refractivity contribution in [2.75, 3.05) is 19.0 Å². The van der Waals surface area contributed by atoms with Crippen LogP contribution in [-0.4, -0.2) is 25.4 Å². The summed E-state index contributed by atoms with van der Waals surface area (Å²) in [5.41, 5.74) is 1.22. The summed E-state index contributed by atoms with van der Waals surface area (Å²) >= 11 is 3.53. The first kappa shape index (κ1) is 14.2. The molecule has 3 rings (SSSR count). The molecule has 1 aromatic rings. The Morgan fingerprint density at radius 2 is 2.15 bits per heavy atom. The van der Waals surface area contributed by atoms with Crippen molar-refractivity contribution in [2.45, 2.75) is 50.2 Å². The highest BCUT2D eigenvalue weighted by Gasteiger charge is 2.39. The van der Waals surface area contributed by atoms with E-state index in [4.69, 9.17) is 9.47 Å². The fraction of sp³-hybridized carbons (Fsp3) is 0.625. The van der Waals surface area contributed by atoms with Gasteiger partial charge < -0.3 is 14.8 Å². The molecule has 1 spiro atoms. The molecule has 110 valence electrons. The zero-order chi connectivity index (χ0) is 14.0. The van der Waals surface area contributed by atoms with Gasteiger partial charge in [0.2, 0.25) is 0 Å². The number of nitrogens with one attached hydrogen (secondary N) is 1. The standard InChI is InChI=1S/C16H22BrNO2/c1-19-15-5-4-12(17)10-14(15)18-13-6-9-20-16(11-13)7-2-3-8-16/h4-5,10,13,18H,2-3,6-9,11H2,1H3. The lowest BCUT2D eigenvalue weighted by Crippen LogP contribution is -2.42. The van der Waals surface area contributed by atoms with Crippen molar-refractivity contribution in [3.8, 4) is 5.75 Å². The molecule has 1 unspecified atom stereocenters. The fourth-order valence-corrected chi connectivity index (χ4v) is 3.89. The van der Waals surface area contributed by atoms with Gasteiger partial charge in [-0.1, -0.05) is 28.8 Å². The smallest absolute Gasteiger partial charge is 0.142 e. The Kier molecular flexibility index (Phi) is 4.22. The number of rotatable bonds is 3. The van der Waals surface area contributed by atoms with E-state index in [2.05, 4.69) is 27.3 Å². The fourth-order valence-electron chi connectivity index (χ4n) is 3.53. The van der Waals surface area contributed by atoms with E-state index in [9.17, 15) is 0 Å². The summed E-state index contributed by atoms with van der Waals surface area (Å²) in [4.78, 5) is 0. The highest BCUT2D eigenvalue weighted by atomic mass is 79.9. The lowest BCUT2D eigenvalue weighted by atomic mass is 9.89. The average molecular weight is 340 g/mol. The monoisotopic (exact) mass is 339 g/mol. The van der Waals surface area contributed by atoms with Crippen molar-refractivity contribution in [1.29, 1.82) is 0 Å². The average Bonchev–Trinajstić information content (AvgIpc) is 2.87. The molecule has 1 heterocycles. The molecule has 0 aromatic heterocycles. The number of benzene rings is 1. The minimum absolute atomic E-state index is 0.148. The summed E-state index contributed by atoms with van der Waals surface area (Å²) < 4.78 is 12.6. The van der Waals surface area contributed by atoms with Crippen molar-refractivity contribution in [1.82, 2.24) is 0 Å². The number of methoxy groups -OCH3 is 1. The van der Waals surface area contributed by atoms with Crippen molar-refractivity contribution in [3.05, 3.63) is 22.7 Å². The minimum atomic E-state index is 0.148. The molecule has 1 saturated carbocycles. The number of hydrogen-bond donors (Lipinski definition) is 1. The first-order chi connectivity index (χ1) is 9.71. The molecule has 2 fully saturated rings. The Hall–Kier alpha value is -0.740.